The number of carbonyl (C=O) groups excluding carboxylic acids is 1. The van der Waals surface area contributed by atoms with Gasteiger partial charge < -0.3 is 4.90 Å². The smallest absolute Gasteiger partial charge is 0.257 e. The molecule has 1 fully saturated rings. The van der Waals surface area contributed by atoms with Crippen molar-refractivity contribution in [2.45, 2.75) is 39.5 Å². The van der Waals surface area contributed by atoms with E-state index in [0.717, 1.165) is 43.1 Å². The first-order valence-corrected chi connectivity index (χ1v) is 9.56. The lowest BCUT2D eigenvalue weighted by molar-refractivity contribution is 0.0705. The third-order valence-electron chi connectivity index (χ3n) is 5.28. The normalized spacial score (nSPS) is 18.2. The van der Waals surface area contributed by atoms with Gasteiger partial charge in [-0.3, -0.25) is 13.9 Å². The monoisotopic (exact) mass is 357 g/mol. The van der Waals surface area contributed by atoms with Crippen molar-refractivity contribution in [3.8, 4) is 0 Å². The van der Waals surface area contributed by atoms with Crippen molar-refractivity contribution < 1.29 is 4.79 Å². The summed E-state index contributed by atoms with van der Waals surface area (Å²) in [5.41, 5.74) is 4.00. The lowest BCUT2D eigenvalue weighted by Crippen LogP contribution is -2.39. The summed E-state index contributed by atoms with van der Waals surface area (Å²) in [6, 6.07) is 0. The maximum absolute atomic E-state index is 12.9. The lowest BCUT2D eigenvalue weighted by atomic mass is 9.94. The largest absolute Gasteiger partial charge is 0.338 e. The SMILES string of the molecule is Cc1c(C(=O)N2CCC[C@@H](c3nc(C)n4c(C)csc34)C2)cnn1C. The van der Waals surface area contributed by atoms with Crippen LogP contribution in [0.25, 0.3) is 4.83 Å². The topological polar surface area (TPSA) is 55.4 Å². The van der Waals surface area contributed by atoms with Crippen LogP contribution in [-0.2, 0) is 7.05 Å². The van der Waals surface area contributed by atoms with Gasteiger partial charge in [0.1, 0.15) is 10.7 Å². The molecule has 7 heteroatoms. The van der Waals surface area contributed by atoms with E-state index >= 15 is 0 Å². The van der Waals surface area contributed by atoms with Crippen LogP contribution in [0.3, 0.4) is 0 Å². The fraction of sp³-hybridized carbons (Fsp3) is 0.500. The van der Waals surface area contributed by atoms with E-state index in [1.807, 2.05) is 18.9 Å². The van der Waals surface area contributed by atoms with E-state index in [2.05, 4.69) is 28.7 Å². The summed E-state index contributed by atoms with van der Waals surface area (Å²) < 4.78 is 3.98. The predicted octanol–water partition coefficient (Wildman–Crippen LogP) is 3.07. The Morgan fingerprint density at radius 2 is 2.12 bits per heavy atom. The number of hydrogen-bond donors (Lipinski definition) is 0. The number of imidazole rings is 1. The second-order valence-electron chi connectivity index (χ2n) is 6.92. The van der Waals surface area contributed by atoms with Crippen LogP contribution in [0.4, 0.5) is 0 Å². The molecule has 1 aliphatic heterocycles. The summed E-state index contributed by atoms with van der Waals surface area (Å²) in [6.45, 7) is 7.66. The Kier molecular flexibility index (Phi) is 3.91. The van der Waals surface area contributed by atoms with Crippen LogP contribution in [0.1, 0.15) is 52.0 Å². The van der Waals surface area contributed by atoms with E-state index in [4.69, 9.17) is 4.98 Å². The van der Waals surface area contributed by atoms with Gasteiger partial charge in [-0.1, -0.05) is 0 Å². The van der Waals surface area contributed by atoms with Crippen LogP contribution in [0.15, 0.2) is 11.6 Å². The summed E-state index contributed by atoms with van der Waals surface area (Å²) in [6.07, 6.45) is 3.78. The third-order valence-corrected chi connectivity index (χ3v) is 6.36. The van der Waals surface area contributed by atoms with Crippen LogP contribution in [0.5, 0.6) is 0 Å². The Hall–Kier alpha value is -2.15. The third kappa shape index (κ3) is 2.57. The highest BCUT2D eigenvalue weighted by molar-refractivity contribution is 7.15. The molecule has 0 spiro atoms. The van der Waals surface area contributed by atoms with E-state index < -0.39 is 0 Å². The first kappa shape index (κ1) is 16.3. The molecular weight excluding hydrogens is 334 g/mol. The van der Waals surface area contributed by atoms with Crippen molar-refractivity contribution in [3.05, 3.63) is 40.0 Å². The second-order valence-corrected chi connectivity index (χ2v) is 7.78. The lowest BCUT2D eigenvalue weighted by Gasteiger charge is -2.32. The molecule has 0 radical (unpaired) electrons. The van der Waals surface area contributed by atoms with Crippen LogP contribution in [0, 0.1) is 20.8 Å². The van der Waals surface area contributed by atoms with E-state index in [-0.39, 0.29) is 5.91 Å². The standard InChI is InChI=1S/C18H23N5OS/c1-11-10-25-18-16(20-13(3)23(11)18)14-6-5-7-22(9-14)17(24)15-8-19-21(4)12(15)2/h8,10,14H,5-7,9H2,1-4H3/t14-/m1/s1. The van der Waals surface area contributed by atoms with Gasteiger partial charge in [-0.25, -0.2) is 4.98 Å². The molecule has 1 saturated heterocycles. The molecule has 1 atom stereocenters. The molecule has 0 bridgehead atoms. The number of aromatic nitrogens is 4. The van der Waals surface area contributed by atoms with Crippen LogP contribution >= 0.6 is 11.3 Å². The maximum atomic E-state index is 12.9. The molecule has 0 aromatic carbocycles. The molecular formula is C18H23N5OS. The summed E-state index contributed by atoms with van der Waals surface area (Å²) in [7, 11) is 1.87. The summed E-state index contributed by atoms with van der Waals surface area (Å²) in [4.78, 5) is 21.0. The Bertz CT molecular complexity index is 950. The minimum absolute atomic E-state index is 0.0878. The van der Waals surface area contributed by atoms with Crippen molar-refractivity contribution in [1.29, 1.82) is 0 Å². The molecule has 3 aromatic rings. The van der Waals surface area contributed by atoms with Gasteiger partial charge in [0, 0.05) is 42.8 Å². The molecule has 25 heavy (non-hydrogen) atoms. The summed E-state index contributed by atoms with van der Waals surface area (Å²) >= 11 is 1.75. The van der Waals surface area contributed by atoms with E-state index in [9.17, 15) is 4.79 Å². The first-order valence-electron chi connectivity index (χ1n) is 8.68. The molecule has 0 saturated carbocycles. The number of carbonyl (C=O) groups is 1. The van der Waals surface area contributed by atoms with Crippen molar-refractivity contribution in [1.82, 2.24) is 24.1 Å². The first-order chi connectivity index (χ1) is 12.0. The Morgan fingerprint density at radius 3 is 2.84 bits per heavy atom. The number of rotatable bonds is 2. The van der Waals surface area contributed by atoms with Crippen molar-refractivity contribution in [3.63, 3.8) is 0 Å². The fourth-order valence-electron chi connectivity index (χ4n) is 3.79. The Balaban J connectivity index is 1.62. The number of hydrogen-bond acceptors (Lipinski definition) is 4. The maximum Gasteiger partial charge on any atom is 0.257 e. The highest BCUT2D eigenvalue weighted by Crippen LogP contribution is 2.33. The van der Waals surface area contributed by atoms with Gasteiger partial charge in [-0.2, -0.15) is 5.10 Å². The van der Waals surface area contributed by atoms with Crippen LogP contribution < -0.4 is 0 Å². The number of fused-ring (bicyclic) bond motifs is 1. The van der Waals surface area contributed by atoms with E-state index in [1.54, 1.807) is 22.2 Å². The van der Waals surface area contributed by atoms with Crippen LogP contribution in [0.2, 0.25) is 0 Å². The minimum Gasteiger partial charge on any atom is -0.338 e. The van der Waals surface area contributed by atoms with Gasteiger partial charge in [-0.15, -0.1) is 11.3 Å². The van der Waals surface area contributed by atoms with Crippen molar-refractivity contribution in [2.24, 2.45) is 7.05 Å². The minimum atomic E-state index is 0.0878. The Labute approximate surface area is 151 Å². The van der Waals surface area contributed by atoms with Crippen molar-refractivity contribution >= 4 is 22.1 Å². The average Bonchev–Trinajstić information content (AvgIpc) is 3.25. The fourth-order valence-corrected chi connectivity index (χ4v) is 4.89. The number of aryl methyl sites for hydroxylation is 3. The highest BCUT2D eigenvalue weighted by atomic mass is 32.1. The number of likely N-dealkylation sites (tertiary alicyclic amines) is 1. The zero-order valence-corrected chi connectivity index (χ0v) is 15.9. The van der Waals surface area contributed by atoms with Crippen LogP contribution in [-0.4, -0.2) is 43.1 Å². The molecule has 6 nitrogen and oxygen atoms in total. The molecule has 1 amide bonds. The number of nitrogens with zero attached hydrogens (tertiary/aromatic N) is 5. The molecule has 1 aliphatic rings. The number of amides is 1. The van der Waals surface area contributed by atoms with Gasteiger partial charge in [0.25, 0.3) is 5.91 Å². The zero-order chi connectivity index (χ0) is 17.7. The van der Waals surface area contributed by atoms with Gasteiger partial charge in [0.05, 0.1) is 17.5 Å². The zero-order valence-electron chi connectivity index (χ0n) is 15.1. The number of piperidine rings is 1. The Morgan fingerprint density at radius 1 is 1.32 bits per heavy atom. The highest BCUT2D eigenvalue weighted by Gasteiger charge is 2.30. The van der Waals surface area contributed by atoms with Gasteiger partial charge in [-0.05, 0) is 33.6 Å². The quantitative estimate of drug-likeness (QED) is 0.708. The average molecular weight is 357 g/mol. The van der Waals surface area contributed by atoms with E-state index in [1.165, 1.54) is 10.5 Å². The van der Waals surface area contributed by atoms with Gasteiger partial charge in [0.15, 0.2) is 0 Å². The molecule has 0 aliphatic carbocycles. The molecule has 0 unspecified atom stereocenters. The summed E-state index contributed by atoms with van der Waals surface area (Å²) in [5.74, 6) is 1.43. The second kappa shape index (κ2) is 5.98. The molecule has 132 valence electrons. The van der Waals surface area contributed by atoms with Gasteiger partial charge >= 0.3 is 0 Å². The summed E-state index contributed by atoms with van der Waals surface area (Å²) in [5, 5.41) is 6.39. The van der Waals surface area contributed by atoms with E-state index in [0.29, 0.717) is 11.5 Å². The van der Waals surface area contributed by atoms with Gasteiger partial charge in [0.2, 0.25) is 0 Å². The molecule has 4 rings (SSSR count). The molecule has 0 N–H and O–H groups in total. The predicted molar refractivity (Wildman–Crippen MR) is 98.4 cm³/mol. The molecule has 3 aromatic heterocycles. The number of thiazole rings is 1. The van der Waals surface area contributed by atoms with Crippen molar-refractivity contribution in [2.75, 3.05) is 13.1 Å². The molecule has 4 heterocycles.